The van der Waals surface area contributed by atoms with E-state index in [1.165, 1.54) is 43.9 Å². The number of halogens is 5. The topological polar surface area (TPSA) is 0 Å². The maximum atomic E-state index is 15.0. The van der Waals surface area contributed by atoms with Gasteiger partial charge in [-0.25, -0.2) is 22.0 Å². The van der Waals surface area contributed by atoms with Gasteiger partial charge in [0.15, 0.2) is 17.5 Å². The molecule has 0 nitrogen and oxygen atoms in total. The molecule has 0 spiro atoms. The van der Waals surface area contributed by atoms with Crippen molar-refractivity contribution in [2.45, 2.75) is 77.0 Å². The van der Waals surface area contributed by atoms with Gasteiger partial charge in [0.2, 0.25) is 0 Å². The Bertz CT molecular complexity index is 992. The van der Waals surface area contributed by atoms with E-state index in [1.807, 2.05) is 0 Å². The van der Waals surface area contributed by atoms with E-state index < -0.39 is 29.1 Å². The molecule has 1 saturated carbocycles. The van der Waals surface area contributed by atoms with Crippen molar-refractivity contribution in [3.63, 3.8) is 0 Å². The standard InChI is InChI=1S/C27H29F5/c1-2-3-4-5-16-6-8-17(9-7-16)19-13-22(28)25(23(29)14-19)18-10-11-21-20(12-18)15-24(30)27(32)26(21)31/h12-17H,2-11H2,1H3. The van der Waals surface area contributed by atoms with Gasteiger partial charge in [0, 0.05) is 5.56 Å². The van der Waals surface area contributed by atoms with Crippen molar-refractivity contribution in [3.05, 3.63) is 69.5 Å². The van der Waals surface area contributed by atoms with Crippen LogP contribution in [0.5, 0.6) is 0 Å². The van der Waals surface area contributed by atoms with Gasteiger partial charge >= 0.3 is 0 Å². The van der Waals surface area contributed by atoms with E-state index in [4.69, 9.17) is 0 Å². The van der Waals surface area contributed by atoms with E-state index in [0.29, 0.717) is 17.1 Å². The highest BCUT2D eigenvalue weighted by atomic mass is 19.2. The van der Waals surface area contributed by atoms with Gasteiger partial charge in [0.25, 0.3) is 0 Å². The molecule has 2 aliphatic rings. The smallest absolute Gasteiger partial charge is 0.194 e. The Morgan fingerprint density at radius 3 is 2.12 bits per heavy atom. The fourth-order valence-corrected chi connectivity index (χ4v) is 5.35. The van der Waals surface area contributed by atoms with E-state index in [9.17, 15) is 13.2 Å². The Hall–Kier alpha value is -2.17. The van der Waals surface area contributed by atoms with Gasteiger partial charge in [0.05, 0.1) is 0 Å². The molecular formula is C27H29F5. The molecule has 0 N–H and O–H groups in total. The van der Waals surface area contributed by atoms with Gasteiger partial charge in [-0.2, -0.15) is 0 Å². The van der Waals surface area contributed by atoms with E-state index in [0.717, 1.165) is 31.7 Å². The molecule has 32 heavy (non-hydrogen) atoms. The van der Waals surface area contributed by atoms with Crippen LogP contribution in [0.1, 0.15) is 92.9 Å². The van der Waals surface area contributed by atoms with Gasteiger partial charge in [0.1, 0.15) is 11.6 Å². The van der Waals surface area contributed by atoms with Crippen LogP contribution in [0.3, 0.4) is 0 Å². The molecule has 172 valence electrons. The van der Waals surface area contributed by atoms with Crippen molar-refractivity contribution >= 4 is 11.6 Å². The predicted octanol–water partition coefficient (Wildman–Crippen LogP) is 8.72. The Labute approximate surface area is 186 Å². The van der Waals surface area contributed by atoms with Crippen molar-refractivity contribution in [1.29, 1.82) is 0 Å². The summed E-state index contributed by atoms with van der Waals surface area (Å²) in [6.45, 7) is 2.20. The first kappa shape index (κ1) is 23.0. The highest BCUT2D eigenvalue weighted by Crippen LogP contribution is 2.40. The second kappa shape index (κ2) is 9.76. The monoisotopic (exact) mass is 448 g/mol. The van der Waals surface area contributed by atoms with Crippen molar-refractivity contribution in [2.24, 2.45) is 5.92 Å². The summed E-state index contributed by atoms with van der Waals surface area (Å²) in [5.41, 5.74) is 1.04. The number of rotatable bonds is 6. The third-order valence-corrected chi connectivity index (χ3v) is 7.19. The summed E-state index contributed by atoms with van der Waals surface area (Å²) in [7, 11) is 0. The molecule has 0 unspecified atom stereocenters. The summed E-state index contributed by atoms with van der Waals surface area (Å²) in [4.78, 5) is 0. The van der Waals surface area contributed by atoms with Crippen LogP contribution < -0.4 is 0 Å². The van der Waals surface area contributed by atoms with Gasteiger partial charge in [-0.15, -0.1) is 0 Å². The number of fused-ring (bicyclic) bond motifs is 1. The van der Waals surface area contributed by atoms with Crippen LogP contribution in [-0.2, 0) is 6.42 Å². The first-order valence-corrected chi connectivity index (χ1v) is 11.7. The van der Waals surface area contributed by atoms with Crippen LogP contribution in [0.2, 0.25) is 0 Å². The van der Waals surface area contributed by atoms with Crippen molar-refractivity contribution in [1.82, 2.24) is 0 Å². The molecule has 2 aliphatic carbocycles. The zero-order valence-electron chi connectivity index (χ0n) is 18.4. The molecule has 5 heteroatoms. The molecule has 2 aromatic carbocycles. The lowest BCUT2D eigenvalue weighted by Gasteiger charge is -2.29. The molecule has 0 atom stereocenters. The highest BCUT2D eigenvalue weighted by molar-refractivity contribution is 5.85. The van der Waals surface area contributed by atoms with Crippen LogP contribution >= 0.6 is 0 Å². The van der Waals surface area contributed by atoms with Gasteiger partial charge in [-0.05, 0) is 90.8 Å². The van der Waals surface area contributed by atoms with E-state index in [-0.39, 0.29) is 35.4 Å². The molecular weight excluding hydrogens is 419 g/mol. The zero-order chi connectivity index (χ0) is 22.8. The van der Waals surface area contributed by atoms with E-state index in [1.54, 1.807) is 0 Å². The minimum absolute atomic E-state index is 0.0424. The van der Waals surface area contributed by atoms with Crippen molar-refractivity contribution in [3.8, 4) is 0 Å². The summed E-state index contributed by atoms with van der Waals surface area (Å²) in [5, 5.41) is 0. The van der Waals surface area contributed by atoms with Crippen LogP contribution in [0.15, 0.2) is 18.2 Å². The third kappa shape index (κ3) is 4.62. The normalized spacial score (nSPS) is 20.8. The summed E-state index contributed by atoms with van der Waals surface area (Å²) in [6.07, 6.45) is 10.6. The summed E-state index contributed by atoms with van der Waals surface area (Å²) < 4.78 is 71.2. The lowest BCUT2D eigenvalue weighted by atomic mass is 9.76. The fraction of sp³-hybridized carbons (Fsp3) is 0.481. The molecule has 0 amide bonds. The molecule has 0 bridgehead atoms. The number of unbranched alkanes of at least 4 members (excludes halogenated alkanes) is 2. The predicted molar refractivity (Wildman–Crippen MR) is 118 cm³/mol. The summed E-state index contributed by atoms with van der Waals surface area (Å²) in [5.74, 6) is -4.47. The number of hydrogen-bond donors (Lipinski definition) is 0. The lowest BCUT2D eigenvalue weighted by Crippen LogP contribution is -2.14. The largest absolute Gasteiger partial charge is 0.206 e. The Kier molecular flexibility index (Phi) is 7.02. The first-order chi connectivity index (χ1) is 15.4. The average Bonchev–Trinajstić information content (AvgIpc) is 2.77. The Balaban J connectivity index is 1.53. The molecule has 4 rings (SSSR count). The second-order valence-electron chi connectivity index (χ2n) is 9.30. The minimum atomic E-state index is -1.51. The SMILES string of the molecule is CCCCCC1CCC(c2cc(F)c(C3=Cc4cc(F)c(F)c(F)c4CC3)c(F)c2)CC1. The molecule has 2 aromatic rings. The number of allylic oxidation sites excluding steroid dienone is 1. The van der Waals surface area contributed by atoms with Crippen LogP contribution in [-0.4, -0.2) is 0 Å². The van der Waals surface area contributed by atoms with Gasteiger partial charge in [-0.3, -0.25) is 0 Å². The third-order valence-electron chi connectivity index (χ3n) is 7.19. The quantitative estimate of drug-likeness (QED) is 0.235. The molecule has 1 fully saturated rings. The second-order valence-corrected chi connectivity index (χ2v) is 9.30. The zero-order valence-corrected chi connectivity index (χ0v) is 18.4. The molecule has 0 aliphatic heterocycles. The van der Waals surface area contributed by atoms with Crippen LogP contribution in [0.25, 0.3) is 11.6 Å². The van der Waals surface area contributed by atoms with Crippen LogP contribution in [0.4, 0.5) is 22.0 Å². The molecule has 0 radical (unpaired) electrons. The average molecular weight is 449 g/mol. The summed E-state index contributed by atoms with van der Waals surface area (Å²) in [6, 6.07) is 3.72. The van der Waals surface area contributed by atoms with Gasteiger partial charge < -0.3 is 0 Å². The number of benzene rings is 2. The first-order valence-electron chi connectivity index (χ1n) is 11.7. The van der Waals surface area contributed by atoms with Crippen LogP contribution in [0, 0.1) is 35.0 Å². The molecule has 0 saturated heterocycles. The maximum Gasteiger partial charge on any atom is 0.194 e. The Morgan fingerprint density at radius 1 is 0.781 bits per heavy atom. The lowest BCUT2D eigenvalue weighted by molar-refractivity contribution is 0.302. The highest BCUT2D eigenvalue weighted by Gasteiger charge is 2.27. The number of hydrogen-bond acceptors (Lipinski definition) is 0. The fourth-order valence-electron chi connectivity index (χ4n) is 5.35. The van der Waals surface area contributed by atoms with Crippen molar-refractivity contribution < 1.29 is 22.0 Å². The summed E-state index contributed by atoms with van der Waals surface area (Å²) >= 11 is 0. The van der Waals surface area contributed by atoms with Gasteiger partial charge in [-0.1, -0.05) is 38.7 Å². The Morgan fingerprint density at radius 2 is 1.47 bits per heavy atom. The van der Waals surface area contributed by atoms with E-state index >= 15 is 8.78 Å². The maximum absolute atomic E-state index is 15.0. The molecule has 0 aromatic heterocycles. The van der Waals surface area contributed by atoms with E-state index in [2.05, 4.69) is 6.92 Å². The molecule has 0 heterocycles. The van der Waals surface area contributed by atoms with Crippen molar-refractivity contribution in [2.75, 3.05) is 0 Å². The minimum Gasteiger partial charge on any atom is -0.206 e.